The first-order chi connectivity index (χ1) is 19.8. The molecule has 2 aliphatic carbocycles. The van der Waals surface area contributed by atoms with Gasteiger partial charge in [0.2, 0.25) is 0 Å². The number of hydrogen-bond acceptors (Lipinski definition) is 4. The van der Waals surface area contributed by atoms with Crippen LogP contribution in [0.25, 0.3) is 89.2 Å². The van der Waals surface area contributed by atoms with Crippen LogP contribution < -0.4 is 9.97 Å². The van der Waals surface area contributed by atoms with Crippen LogP contribution in [0.3, 0.4) is 0 Å². The Morgan fingerprint density at radius 3 is 0.878 bits per heavy atom. The molecule has 6 nitrogen and oxygen atoms in total. The maximum Gasteiger partial charge on any atom is 0.0161 e. The molecule has 3 heterocycles. The summed E-state index contributed by atoms with van der Waals surface area (Å²) in [5, 5.41) is 3.71. The molecule has 197 valence electrons. The van der Waals surface area contributed by atoms with Gasteiger partial charge < -0.3 is 29.9 Å². The van der Waals surface area contributed by atoms with Crippen molar-refractivity contribution < 1.29 is 17.1 Å². The second-order valence-corrected chi connectivity index (χ2v) is 9.79. The van der Waals surface area contributed by atoms with Gasteiger partial charge in [0.15, 0.2) is 0 Å². The number of nitrogens with zero attached hydrogens (tertiary/aromatic N) is 6. The fourth-order valence-corrected chi connectivity index (χ4v) is 5.59. The van der Waals surface area contributed by atoms with Gasteiger partial charge >= 0.3 is 0 Å². The summed E-state index contributed by atoms with van der Waals surface area (Å²) in [6.45, 7) is 0. The zero-order valence-corrected chi connectivity index (χ0v) is 22.2. The van der Waals surface area contributed by atoms with Crippen LogP contribution in [0.2, 0.25) is 0 Å². The van der Waals surface area contributed by atoms with Crippen LogP contribution in [0, 0.1) is 12.1 Å². The fourth-order valence-electron chi connectivity index (χ4n) is 5.59. The predicted octanol–water partition coefficient (Wildman–Crippen LogP) is 6.94. The first-order valence-corrected chi connectivity index (χ1v) is 13.0. The quantitative estimate of drug-likeness (QED) is 0.145. The van der Waals surface area contributed by atoms with Crippen molar-refractivity contribution in [3.63, 3.8) is 0 Å². The van der Waals surface area contributed by atoms with Crippen LogP contribution in [0.5, 0.6) is 0 Å². The van der Waals surface area contributed by atoms with E-state index in [-0.39, 0.29) is 17.1 Å². The Morgan fingerprint density at radius 1 is 0.366 bits per heavy atom. The van der Waals surface area contributed by atoms with Crippen molar-refractivity contribution in [2.75, 3.05) is 0 Å². The number of aromatic nitrogens is 6. The Kier molecular flexibility index (Phi) is 5.19. The van der Waals surface area contributed by atoms with Gasteiger partial charge in [-0.05, 0) is 21.5 Å². The SMILES string of the molecule is [Cu].[c-]1c2nc3[n-]c(nc4[c-]c(nc5[n-]c(nc1-c1ccccc1-2)c1ccccc51)-c1ccccc1-4)c1ccccc31. The molecule has 0 aliphatic heterocycles. The summed E-state index contributed by atoms with van der Waals surface area (Å²) in [4.78, 5) is 29.9. The van der Waals surface area contributed by atoms with Gasteiger partial charge in [0.25, 0.3) is 0 Å². The van der Waals surface area contributed by atoms with E-state index in [1.807, 2.05) is 97.1 Å². The molecule has 2 aliphatic rings. The van der Waals surface area contributed by atoms with E-state index in [0.29, 0.717) is 45.4 Å². The van der Waals surface area contributed by atoms with Gasteiger partial charge in [-0.15, -0.1) is 47.0 Å². The standard InChI is InChI=1S/C34H16N6.Cu/c1-2-10-20-19(9-1)27-17-28(20)36-32-25-15-7-8-16-26(25)34(40-32)38-30-18-29(21-11-3-4-12-22(21)30)37-33-24-14-6-5-13-23(24)31(35-27)39-33;/h1-16H;/q-4;. The third-order valence-corrected chi connectivity index (χ3v) is 7.46. The molecule has 4 aromatic carbocycles. The van der Waals surface area contributed by atoms with E-state index in [2.05, 4.69) is 12.1 Å². The molecule has 0 saturated heterocycles. The Labute approximate surface area is 244 Å². The zero-order valence-electron chi connectivity index (χ0n) is 21.2. The largest absolute Gasteiger partial charge is 0.388 e. The minimum absolute atomic E-state index is 0. The van der Waals surface area contributed by atoms with Crippen molar-refractivity contribution in [1.29, 1.82) is 0 Å². The predicted molar refractivity (Wildman–Crippen MR) is 156 cm³/mol. The molecule has 9 rings (SSSR count). The van der Waals surface area contributed by atoms with Gasteiger partial charge in [0.1, 0.15) is 0 Å². The first kappa shape index (κ1) is 23.8. The minimum Gasteiger partial charge on any atom is -0.388 e. The molecule has 0 N–H and O–H groups in total. The van der Waals surface area contributed by atoms with E-state index < -0.39 is 0 Å². The number of benzene rings is 4. The molecule has 0 amide bonds. The molecular formula is C34H16CuN6-4. The summed E-state index contributed by atoms with van der Waals surface area (Å²) in [5.41, 5.74) is 8.95. The Bertz CT molecular complexity index is 2030. The molecule has 0 fully saturated rings. The maximum absolute atomic E-state index is 5.02. The molecule has 0 saturated carbocycles. The van der Waals surface area contributed by atoms with Crippen LogP contribution in [-0.2, 0) is 17.1 Å². The van der Waals surface area contributed by atoms with Crippen LogP contribution >= 0.6 is 0 Å². The molecule has 41 heavy (non-hydrogen) atoms. The van der Waals surface area contributed by atoms with Crippen molar-refractivity contribution in [3.8, 4) is 45.0 Å². The van der Waals surface area contributed by atoms with Gasteiger partial charge in [-0.25, -0.2) is 0 Å². The third kappa shape index (κ3) is 3.57. The van der Waals surface area contributed by atoms with E-state index >= 15 is 0 Å². The number of fused-ring (bicyclic) bond motifs is 20. The Balaban J connectivity index is 0.00000256. The molecule has 8 bridgehead atoms. The van der Waals surface area contributed by atoms with Crippen LogP contribution in [0.15, 0.2) is 97.1 Å². The molecule has 1 radical (unpaired) electrons. The van der Waals surface area contributed by atoms with E-state index in [4.69, 9.17) is 29.9 Å². The zero-order chi connectivity index (χ0) is 26.2. The number of rotatable bonds is 0. The fraction of sp³-hybridized carbons (Fsp3) is 0. The van der Waals surface area contributed by atoms with Gasteiger partial charge in [-0.3, -0.25) is 0 Å². The molecule has 0 unspecified atom stereocenters. The molecule has 3 aromatic heterocycles. The van der Waals surface area contributed by atoms with Crippen molar-refractivity contribution in [2.24, 2.45) is 0 Å². The van der Waals surface area contributed by atoms with E-state index in [0.717, 1.165) is 43.8 Å². The van der Waals surface area contributed by atoms with Gasteiger partial charge in [0.05, 0.1) is 0 Å². The molecule has 7 heteroatoms. The van der Waals surface area contributed by atoms with Gasteiger partial charge in [-0.1, -0.05) is 72.8 Å². The summed E-state index contributed by atoms with van der Waals surface area (Å²) >= 11 is 0. The van der Waals surface area contributed by atoms with Gasteiger partial charge in [-0.2, -0.15) is 34.4 Å². The van der Waals surface area contributed by atoms with Crippen molar-refractivity contribution in [1.82, 2.24) is 29.9 Å². The summed E-state index contributed by atoms with van der Waals surface area (Å²) in [5.74, 6) is 0. The molecular weight excluding hydrogens is 556 g/mol. The topological polar surface area (TPSA) is 79.8 Å². The third-order valence-electron chi connectivity index (χ3n) is 7.46. The maximum atomic E-state index is 5.02. The Hall–Kier alpha value is -5.10. The van der Waals surface area contributed by atoms with Crippen molar-refractivity contribution >= 4 is 44.1 Å². The monoisotopic (exact) mass is 571 g/mol. The molecule has 7 aromatic rings. The average Bonchev–Trinajstić information content (AvgIpc) is 3.73. The molecule has 0 spiro atoms. The second kappa shape index (κ2) is 8.96. The van der Waals surface area contributed by atoms with Crippen LogP contribution in [0.4, 0.5) is 0 Å². The van der Waals surface area contributed by atoms with E-state index in [1.165, 1.54) is 0 Å². The van der Waals surface area contributed by atoms with E-state index in [1.54, 1.807) is 0 Å². The smallest absolute Gasteiger partial charge is 0.0161 e. The Morgan fingerprint density at radius 2 is 0.610 bits per heavy atom. The van der Waals surface area contributed by atoms with Crippen LogP contribution in [-0.4, -0.2) is 19.9 Å². The summed E-state index contributed by atoms with van der Waals surface area (Å²) in [6, 6.07) is 39.1. The summed E-state index contributed by atoms with van der Waals surface area (Å²) in [6.07, 6.45) is 0. The van der Waals surface area contributed by atoms with Crippen molar-refractivity contribution in [2.45, 2.75) is 0 Å². The second-order valence-electron chi connectivity index (χ2n) is 9.79. The normalized spacial score (nSPS) is 11.7. The first-order valence-electron chi connectivity index (χ1n) is 13.0. The van der Waals surface area contributed by atoms with E-state index in [9.17, 15) is 0 Å². The minimum atomic E-state index is 0. The number of hydrogen-bond donors (Lipinski definition) is 0. The van der Waals surface area contributed by atoms with Gasteiger partial charge in [0, 0.05) is 39.7 Å². The summed E-state index contributed by atoms with van der Waals surface area (Å²) in [7, 11) is 0. The summed E-state index contributed by atoms with van der Waals surface area (Å²) < 4.78 is 0. The average molecular weight is 572 g/mol. The van der Waals surface area contributed by atoms with Crippen molar-refractivity contribution in [3.05, 3.63) is 109 Å². The molecule has 0 atom stereocenters. The van der Waals surface area contributed by atoms with Crippen LogP contribution in [0.1, 0.15) is 0 Å².